The Morgan fingerprint density at radius 2 is 1.95 bits per heavy atom. The number of rotatable bonds is 6. The van der Waals surface area contributed by atoms with E-state index < -0.39 is 5.91 Å². The van der Waals surface area contributed by atoms with Crippen molar-refractivity contribution in [3.05, 3.63) is 28.8 Å². The summed E-state index contributed by atoms with van der Waals surface area (Å²) in [6.07, 6.45) is 0.231. The summed E-state index contributed by atoms with van der Waals surface area (Å²) in [5.41, 5.74) is 0.104. The number of halogens is 1. The highest BCUT2D eigenvalue weighted by Gasteiger charge is 2.13. The van der Waals surface area contributed by atoms with Gasteiger partial charge in [-0.05, 0) is 32.0 Å². The Hall–Kier alpha value is -1.75. The summed E-state index contributed by atoms with van der Waals surface area (Å²) in [5, 5.41) is 12.5. The largest absolute Gasteiger partial charge is 0.507 e. The molecule has 0 heterocycles. The van der Waals surface area contributed by atoms with Gasteiger partial charge in [0.1, 0.15) is 5.75 Å². The molecule has 0 saturated carbocycles. The third-order valence-electron chi connectivity index (χ3n) is 2.94. The van der Waals surface area contributed by atoms with Crippen LogP contribution in [0.5, 0.6) is 5.75 Å². The van der Waals surface area contributed by atoms with Crippen LogP contribution in [0.3, 0.4) is 0 Å². The maximum absolute atomic E-state index is 11.9. The maximum Gasteiger partial charge on any atom is 0.255 e. The van der Waals surface area contributed by atoms with Crippen LogP contribution in [0.4, 0.5) is 0 Å². The molecule has 0 spiro atoms. The Morgan fingerprint density at radius 3 is 2.55 bits per heavy atom. The molecule has 0 aliphatic carbocycles. The van der Waals surface area contributed by atoms with Crippen molar-refractivity contribution in [1.29, 1.82) is 0 Å². The summed E-state index contributed by atoms with van der Waals surface area (Å²) in [4.78, 5) is 25.3. The van der Waals surface area contributed by atoms with E-state index in [2.05, 4.69) is 5.32 Å². The minimum atomic E-state index is -0.447. The van der Waals surface area contributed by atoms with Crippen LogP contribution in [0.25, 0.3) is 0 Å². The van der Waals surface area contributed by atoms with Crippen LogP contribution in [0.1, 0.15) is 30.6 Å². The number of amides is 2. The molecule has 1 aromatic carbocycles. The maximum atomic E-state index is 11.9. The molecule has 0 aliphatic heterocycles. The Morgan fingerprint density at radius 1 is 1.30 bits per heavy atom. The second kappa shape index (κ2) is 7.75. The molecule has 110 valence electrons. The normalized spacial score (nSPS) is 10.2. The average molecular weight is 299 g/mol. The van der Waals surface area contributed by atoms with Crippen molar-refractivity contribution < 1.29 is 14.7 Å². The van der Waals surface area contributed by atoms with Gasteiger partial charge in [0, 0.05) is 31.1 Å². The van der Waals surface area contributed by atoms with E-state index in [1.807, 2.05) is 13.8 Å². The first-order valence-electron chi connectivity index (χ1n) is 6.54. The lowest BCUT2D eigenvalue weighted by molar-refractivity contribution is -0.130. The number of nitrogens with one attached hydrogen (secondary N) is 1. The van der Waals surface area contributed by atoms with Gasteiger partial charge >= 0.3 is 0 Å². The van der Waals surface area contributed by atoms with Crippen molar-refractivity contribution >= 4 is 23.4 Å². The first-order valence-corrected chi connectivity index (χ1v) is 6.91. The fourth-order valence-electron chi connectivity index (χ4n) is 1.80. The predicted molar refractivity (Wildman–Crippen MR) is 78.0 cm³/mol. The Balaban J connectivity index is 2.52. The highest BCUT2D eigenvalue weighted by molar-refractivity contribution is 6.31. The zero-order valence-corrected chi connectivity index (χ0v) is 12.4. The second-order valence-corrected chi connectivity index (χ2v) is 4.67. The number of hydrogen-bond acceptors (Lipinski definition) is 3. The van der Waals surface area contributed by atoms with Gasteiger partial charge in [0.25, 0.3) is 5.91 Å². The smallest absolute Gasteiger partial charge is 0.255 e. The second-order valence-electron chi connectivity index (χ2n) is 4.23. The minimum Gasteiger partial charge on any atom is -0.507 e. The molecule has 0 radical (unpaired) electrons. The van der Waals surface area contributed by atoms with Gasteiger partial charge in [-0.25, -0.2) is 0 Å². The highest BCUT2D eigenvalue weighted by Crippen LogP contribution is 2.21. The van der Waals surface area contributed by atoms with Crippen molar-refractivity contribution in [3.8, 4) is 5.75 Å². The molecule has 0 aliphatic rings. The van der Waals surface area contributed by atoms with Crippen molar-refractivity contribution in [1.82, 2.24) is 10.2 Å². The Labute approximate surface area is 123 Å². The zero-order chi connectivity index (χ0) is 15.1. The average Bonchev–Trinajstić information content (AvgIpc) is 2.42. The van der Waals surface area contributed by atoms with E-state index in [-0.39, 0.29) is 30.2 Å². The molecule has 0 aromatic heterocycles. The summed E-state index contributed by atoms with van der Waals surface area (Å²) < 4.78 is 0. The lowest BCUT2D eigenvalue weighted by Crippen LogP contribution is -2.34. The molecule has 0 fully saturated rings. The van der Waals surface area contributed by atoms with Crippen LogP contribution < -0.4 is 5.32 Å². The first kappa shape index (κ1) is 16.3. The van der Waals surface area contributed by atoms with E-state index in [1.54, 1.807) is 4.90 Å². The SMILES string of the molecule is CCN(CC)C(=O)CCNC(=O)c1cc(Cl)ccc1O. The molecule has 0 bridgehead atoms. The molecular formula is C14H19ClN2O3. The Bertz CT molecular complexity index is 487. The zero-order valence-electron chi connectivity index (χ0n) is 11.6. The van der Waals surface area contributed by atoms with Gasteiger partial charge < -0.3 is 15.3 Å². The van der Waals surface area contributed by atoms with Gasteiger partial charge in [0.15, 0.2) is 0 Å². The lowest BCUT2D eigenvalue weighted by atomic mass is 10.2. The van der Waals surface area contributed by atoms with Crippen LogP contribution in [-0.4, -0.2) is 41.5 Å². The highest BCUT2D eigenvalue weighted by atomic mass is 35.5. The first-order chi connectivity index (χ1) is 9.49. The van der Waals surface area contributed by atoms with Gasteiger partial charge in [-0.1, -0.05) is 11.6 Å². The van der Waals surface area contributed by atoms with Crippen molar-refractivity contribution in [3.63, 3.8) is 0 Å². The summed E-state index contributed by atoms with van der Waals surface area (Å²) in [6, 6.07) is 4.24. The van der Waals surface area contributed by atoms with Gasteiger partial charge in [0.2, 0.25) is 5.91 Å². The molecular weight excluding hydrogens is 280 g/mol. The molecule has 0 atom stereocenters. The van der Waals surface area contributed by atoms with Crippen molar-refractivity contribution in [2.75, 3.05) is 19.6 Å². The molecule has 0 saturated heterocycles. The van der Waals surface area contributed by atoms with Crippen LogP contribution in [-0.2, 0) is 4.79 Å². The number of carbonyl (C=O) groups excluding carboxylic acids is 2. The number of phenols is 1. The van der Waals surface area contributed by atoms with E-state index in [9.17, 15) is 14.7 Å². The summed E-state index contributed by atoms with van der Waals surface area (Å²) in [7, 11) is 0. The van der Waals surface area contributed by atoms with Gasteiger partial charge in [-0.3, -0.25) is 9.59 Å². The topological polar surface area (TPSA) is 69.6 Å². The van der Waals surface area contributed by atoms with Crippen molar-refractivity contribution in [2.45, 2.75) is 20.3 Å². The van der Waals surface area contributed by atoms with Crippen molar-refractivity contribution in [2.24, 2.45) is 0 Å². The molecule has 0 unspecified atom stereocenters. The van der Waals surface area contributed by atoms with E-state index in [4.69, 9.17) is 11.6 Å². The van der Waals surface area contributed by atoms with Crippen LogP contribution >= 0.6 is 11.6 Å². The molecule has 20 heavy (non-hydrogen) atoms. The third-order valence-corrected chi connectivity index (χ3v) is 3.18. The standard InChI is InChI=1S/C14H19ClN2O3/c1-3-17(4-2)13(19)7-8-16-14(20)11-9-10(15)5-6-12(11)18/h5-6,9,18H,3-4,7-8H2,1-2H3,(H,16,20). The Kier molecular flexibility index (Phi) is 6.31. The molecule has 6 heteroatoms. The van der Waals surface area contributed by atoms with E-state index in [0.29, 0.717) is 18.1 Å². The number of hydrogen-bond donors (Lipinski definition) is 2. The number of benzene rings is 1. The number of nitrogens with zero attached hydrogens (tertiary/aromatic N) is 1. The molecule has 1 rings (SSSR count). The van der Waals surface area contributed by atoms with Gasteiger partial charge in [0.05, 0.1) is 5.56 Å². The molecule has 2 amide bonds. The monoisotopic (exact) mass is 298 g/mol. The predicted octanol–water partition coefficient (Wildman–Crippen LogP) is 2.03. The third kappa shape index (κ3) is 4.42. The number of phenolic OH excluding ortho intramolecular Hbond substituents is 1. The summed E-state index contributed by atoms with van der Waals surface area (Å²) in [6.45, 7) is 5.34. The molecule has 5 nitrogen and oxygen atoms in total. The lowest BCUT2D eigenvalue weighted by Gasteiger charge is -2.18. The molecule has 2 N–H and O–H groups in total. The van der Waals surface area contributed by atoms with Crippen LogP contribution in [0.2, 0.25) is 5.02 Å². The fraction of sp³-hybridized carbons (Fsp3) is 0.429. The van der Waals surface area contributed by atoms with Gasteiger partial charge in [-0.2, -0.15) is 0 Å². The number of aromatic hydroxyl groups is 1. The summed E-state index contributed by atoms with van der Waals surface area (Å²) in [5.74, 6) is -0.593. The quantitative estimate of drug-likeness (QED) is 0.844. The summed E-state index contributed by atoms with van der Waals surface area (Å²) >= 11 is 5.77. The minimum absolute atomic E-state index is 0.00869. The van der Waals surface area contributed by atoms with E-state index >= 15 is 0 Å². The fourth-order valence-corrected chi connectivity index (χ4v) is 1.97. The molecule has 1 aromatic rings. The van der Waals surface area contributed by atoms with E-state index in [0.717, 1.165) is 0 Å². The number of carbonyl (C=O) groups is 2. The van der Waals surface area contributed by atoms with Gasteiger partial charge in [-0.15, -0.1) is 0 Å². The van der Waals surface area contributed by atoms with Crippen LogP contribution in [0, 0.1) is 0 Å². The van der Waals surface area contributed by atoms with E-state index in [1.165, 1.54) is 18.2 Å². The van der Waals surface area contributed by atoms with Crippen LogP contribution in [0.15, 0.2) is 18.2 Å².